The molecule has 0 bridgehead atoms. The average molecular weight is 220 g/mol. The highest BCUT2D eigenvalue weighted by atomic mass is 16.1. The zero-order chi connectivity index (χ0) is 11.1. The molecule has 1 fully saturated rings. The molecule has 5 heteroatoms. The first kappa shape index (κ1) is 9.99. The Morgan fingerprint density at radius 2 is 2.25 bits per heavy atom. The zero-order valence-electron chi connectivity index (χ0n) is 9.20. The van der Waals surface area contributed by atoms with Crippen molar-refractivity contribution in [3.63, 3.8) is 0 Å². The van der Waals surface area contributed by atoms with Gasteiger partial charge in [0.25, 0.3) is 5.56 Å². The van der Waals surface area contributed by atoms with Crippen LogP contribution in [0.15, 0.2) is 4.79 Å². The number of aromatic amines is 1. The number of nitrogens with one attached hydrogen (secondary N) is 1. The summed E-state index contributed by atoms with van der Waals surface area (Å²) < 4.78 is 0. The maximum Gasteiger partial charge on any atom is 0.255 e. The van der Waals surface area contributed by atoms with Gasteiger partial charge in [0, 0.05) is 25.6 Å². The lowest BCUT2D eigenvalue weighted by Gasteiger charge is -2.11. The normalized spacial score (nSPS) is 20.1. The van der Waals surface area contributed by atoms with Gasteiger partial charge in [0.05, 0.1) is 11.3 Å². The molecule has 2 heterocycles. The van der Waals surface area contributed by atoms with E-state index in [1.165, 1.54) is 12.8 Å². The first-order chi connectivity index (χ1) is 7.78. The van der Waals surface area contributed by atoms with Gasteiger partial charge in [-0.05, 0) is 19.4 Å². The number of nitrogens with zero attached hydrogens (tertiary/aromatic N) is 2. The highest BCUT2D eigenvalue weighted by Gasteiger charge is 2.34. The van der Waals surface area contributed by atoms with Crippen LogP contribution in [0, 0.1) is 0 Å². The lowest BCUT2D eigenvalue weighted by molar-refractivity contribution is 0.271. The Kier molecular flexibility index (Phi) is 2.29. The quantitative estimate of drug-likeness (QED) is 0.736. The van der Waals surface area contributed by atoms with Crippen LogP contribution in [-0.2, 0) is 19.5 Å². The second-order valence-corrected chi connectivity index (χ2v) is 4.61. The van der Waals surface area contributed by atoms with E-state index >= 15 is 0 Å². The van der Waals surface area contributed by atoms with E-state index in [1.807, 2.05) is 0 Å². The minimum atomic E-state index is 0.0246. The van der Waals surface area contributed by atoms with Crippen molar-refractivity contribution in [2.45, 2.75) is 38.4 Å². The van der Waals surface area contributed by atoms with Gasteiger partial charge < -0.3 is 10.7 Å². The van der Waals surface area contributed by atoms with Gasteiger partial charge in [-0.2, -0.15) is 0 Å². The zero-order valence-corrected chi connectivity index (χ0v) is 9.20. The topological polar surface area (TPSA) is 75.0 Å². The number of rotatable bonds is 3. The van der Waals surface area contributed by atoms with E-state index in [-0.39, 0.29) is 5.56 Å². The van der Waals surface area contributed by atoms with Crippen molar-refractivity contribution < 1.29 is 0 Å². The SMILES string of the molecule is NCCc1nc2c(c(=O)[nH]1)CN(C1CC1)C2. The lowest BCUT2D eigenvalue weighted by Crippen LogP contribution is -2.21. The molecule has 86 valence electrons. The van der Waals surface area contributed by atoms with E-state index in [4.69, 9.17) is 5.73 Å². The van der Waals surface area contributed by atoms with Crippen LogP contribution in [0.2, 0.25) is 0 Å². The minimum Gasteiger partial charge on any atom is -0.330 e. The highest BCUT2D eigenvalue weighted by Crippen LogP contribution is 2.32. The molecule has 2 aliphatic rings. The summed E-state index contributed by atoms with van der Waals surface area (Å²) in [5, 5.41) is 0. The third-order valence-electron chi connectivity index (χ3n) is 3.31. The third kappa shape index (κ3) is 1.66. The number of aromatic nitrogens is 2. The van der Waals surface area contributed by atoms with Crippen molar-refractivity contribution in [2.75, 3.05) is 6.54 Å². The van der Waals surface area contributed by atoms with Crippen molar-refractivity contribution in [3.05, 3.63) is 27.4 Å². The molecule has 0 amide bonds. The van der Waals surface area contributed by atoms with Crippen molar-refractivity contribution in [3.8, 4) is 0 Å². The second kappa shape index (κ2) is 3.68. The maximum atomic E-state index is 11.8. The van der Waals surface area contributed by atoms with Gasteiger partial charge in [-0.15, -0.1) is 0 Å². The van der Waals surface area contributed by atoms with Gasteiger partial charge >= 0.3 is 0 Å². The van der Waals surface area contributed by atoms with Crippen LogP contribution in [0.5, 0.6) is 0 Å². The van der Waals surface area contributed by atoms with E-state index in [0.717, 1.165) is 30.2 Å². The molecule has 5 nitrogen and oxygen atoms in total. The predicted octanol–water partition coefficient (Wildman–Crippen LogP) is -0.251. The second-order valence-electron chi connectivity index (χ2n) is 4.61. The number of H-pyrrole nitrogens is 1. The Hall–Kier alpha value is -1.20. The van der Waals surface area contributed by atoms with Crippen LogP contribution in [0.4, 0.5) is 0 Å². The highest BCUT2D eigenvalue weighted by molar-refractivity contribution is 5.23. The van der Waals surface area contributed by atoms with Crippen LogP contribution in [-0.4, -0.2) is 27.5 Å². The van der Waals surface area contributed by atoms with E-state index in [9.17, 15) is 4.79 Å². The molecule has 3 N–H and O–H groups in total. The monoisotopic (exact) mass is 220 g/mol. The summed E-state index contributed by atoms with van der Waals surface area (Å²) in [7, 11) is 0. The summed E-state index contributed by atoms with van der Waals surface area (Å²) >= 11 is 0. The summed E-state index contributed by atoms with van der Waals surface area (Å²) in [5.74, 6) is 0.726. The number of fused-ring (bicyclic) bond motifs is 1. The van der Waals surface area contributed by atoms with Crippen molar-refractivity contribution in [2.24, 2.45) is 5.73 Å². The van der Waals surface area contributed by atoms with Gasteiger partial charge in [0.1, 0.15) is 5.82 Å². The van der Waals surface area contributed by atoms with Crippen LogP contribution < -0.4 is 11.3 Å². The molecule has 0 radical (unpaired) electrons. The summed E-state index contributed by atoms with van der Waals surface area (Å²) in [5.41, 5.74) is 7.31. The standard InChI is InChI=1S/C11H16N4O/c12-4-3-10-13-9-6-15(7-1-2-7)5-8(9)11(16)14-10/h7H,1-6,12H2,(H,13,14,16). The number of hydrogen-bond acceptors (Lipinski definition) is 4. The minimum absolute atomic E-state index is 0.0246. The molecular weight excluding hydrogens is 204 g/mol. The summed E-state index contributed by atoms with van der Waals surface area (Å²) in [6.45, 7) is 2.13. The largest absolute Gasteiger partial charge is 0.330 e. The van der Waals surface area contributed by atoms with E-state index in [1.54, 1.807) is 0 Å². The fourth-order valence-electron chi connectivity index (χ4n) is 2.29. The van der Waals surface area contributed by atoms with E-state index in [0.29, 0.717) is 19.0 Å². The van der Waals surface area contributed by atoms with E-state index < -0.39 is 0 Å². The fourth-order valence-corrected chi connectivity index (χ4v) is 2.29. The molecule has 1 saturated carbocycles. The van der Waals surface area contributed by atoms with Crippen LogP contribution in [0.3, 0.4) is 0 Å². The van der Waals surface area contributed by atoms with Gasteiger partial charge in [-0.1, -0.05) is 0 Å². The molecule has 1 aromatic heterocycles. The molecular formula is C11H16N4O. The lowest BCUT2D eigenvalue weighted by atomic mass is 10.2. The molecule has 0 atom stereocenters. The molecule has 0 aromatic carbocycles. The van der Waals surface area contributed by atoms with Gasteiger partial charge in [0.15, 0.2) is 0 Å². The smallest absolute Gasteiger partial charge is 0.255 e. The first-order valence-corrected chi connectivity index (χ1v) is 5.83. The molecule has 0 spiro atoms. The van der Waals surface area contributed by atoms with Crippen molar-refractivity contribution in [1.82, 2.24) is 14.9 Å². The molecule has 16 heavy (non-hydrogen) atoms. The Labute approximate surface area is 93.7 Å². The van der Waals surface area contributed by atoms with Gasteiger partial charge in [-0.3, -0.25) is 9.69 Å². The van der Waals surface area contributed by atoms with Crippen LogP contribution in [0.25, 0.3) is 0 Å². The Morgan fingerprint density at radius 3 is 2.94 bits per heavy atom. The molecule has 0 saturated heterocycles. The van der Waals surface area contributed by atoms with Gasteiger partial charge in [0.2, 0.25) is 0 Å². The fraction of sp³-hybridized carbons (Fsp3) is 0.636. The van der Waals surface area contributed by atoms with Crippen molar-refractivity contribution in [1.29, 1.82) is 0 Å². The summed E-state index contributed by atoms with van der Waals surface area (Å²) in [6, 6.07) is 0.687. The summed E-state index contributed by atoms with van der Waals surface area (Å²) in [4.78, 5) is 21.5. The molecule has 1 aromatic rings. The molecule has 0 unspecified atom stereocenters. The van der Waals surface area contributed by atoms with Crippen LogP contribution in [0.1, 0.15) is 29.9 Å². The molecule has 1 aliphatic heterocycles. The number of hydrogen-bond donors (Lipinski definition) is 2. The maximum absolute atomic E-state index is 11.8. The van der Waals surface area contributed by atoms with Crippen LogP contribution >= 0.6 is 0 Å². The molecule has 3 rings (SSSR count). The number of nitrogens with two attached hydrogens (primary N) is 1. The van der Waals surface area contributed by atoms with Crippen molar-refractivity contribution >= 4 is 0 Å². The Morgan fingerprint density at radius 1 is 1.44 bits per heavy atom. The Bertz CT molecular complexity index is 464. The van der Waals surface area contributed by atoms with Gasteiger partial charge in [-0.25, -0.2) is 4.98 Å². The average Bonchev–Trinajstić information content (AvgIpc) is 3.00. The first-order valence-electron chi connectivity index (χ1n) is 5.83. The predicted molar refractivity (Wildman–Crippen MR) is 59.9 cm³/mol. The Balaban J connectivity index is 1.91. The molecule has 1 aliphatic carbocycles. The third-order valence-corrected chi connectivity index (χ3v) is 3.31. The van der Waals surface area contributed by atoms with E-state index in [2.05, 4.69) is 14.9 Å². The summed E-state index contributed by atoms with van der Waals surface area (Å²) in [6.07, 6.45) is 3.18.